The number of aromatic nitrogens is 2. The van der Waals surface area contributed by atoms with Crippen LogP contribution in [-0.2, 0) is 0 Å². The Morgan fingerprint density at radius 3 is 2.04 bits per heavy atom. The minimum atomic E-state index is 0.263. The molecule has 5 aromatic rings. The van der Waals surface area contributed by atoms with Crippen molar-refractivity contribution in [2.75, 3.05) is 0 Å². The zero-order valence-electron chi connectivity index (χ0n) is 14.0. The molecule has 0 radical (unpaired) electrons. The van der Waals surface area contributed by atoms with Crippen LogP contribution in [-0.4, -0.2) is 14.7 Å². The van der Waals surface area contributed by atoms with Crippen molar-refractivity contribution < 1.29 is 5.11 Å². The van der Waals surface area contributed by atoms with Gasteiger partial charge in [0.2, 0.25) is 0 Å². The average molecular weight is 336 g/mol. The first kappa shape index (κ1) is 14.7. The molecule has 0 amide bonds. The van der Waals surface area contributed by atoms with Gasteiger partial charge < -0.3 is 5.11 Å². The van der Waals surface area contributed by atoms with Crippen LogP contribution in [0.1, 0.15) is 0 Å². The van der Waals surface area contributed by atoms with Gasteiger partial charge in [0.15, 0.2) is 5.75 Å². The molecule has 0 aliphatic rings. The molecule has 0 fully saturated rings. The maximum absolute atomic E-state index is 11.2. The molecule has 3 heteroatoms. The van der Waals surface area contributed by atoms with Gasteiger partial charge in [-0.2, -0.15) is 5.10 Å². The Morgan fingerprint density at radius 2 is 1.31 bits per heavy atom. The Balaban J connectivity index is 1.99. The highest BCUT2D eigenvalue weighted by molar-refractivity contribution is 6.05. The summed E-state index contributed by atoms with van der Waals surface area (Å²) in [5.41, 5.74) is 4.43. The van der Waals surface area contributed by atoms with Crippen molar-refractivity contribution in [3.8, 4) is 28.1 Å². The molecule has 0 unspecified atom stereocenters. The van der Waals surface area contributed by atoms with Gasteiger partial charge in [0, 0.05) is 16.3 Å². The Labute approximate surface area is 150 Å². The molecule has 0 spiro atoms. The molecule has 26 heavy (non-hydrogen) atoms. The number of hydrogen-bond donors (Lipinski definition) is 1. The molecule has 0 saturated heterocycles. The predicted molar refractivity (Wildman–Crippen MR) is 105 cm³/mol. The zero-order valence-corrected chi connectivity index (χ0v) is 14.0. The van der Waals surface area contributed by atoms with Crippen LogP contribution in [0.4, 0.5) is 0 Å². The molecule has 2 heterocycles. The largest absolute Gasteiger partial charge is 0.505 e. The van der Waals surface area contributed by atoms with Gasteiger partial charge in [0.25, 0.3) is 0 Å². The van der Waals surface area contributed by atoms with Crippen molar-refractivity contribution in [1.29, 1.82) is 0 Å². The summed E-state index contributed by atoms with van der Waals surface area (Å²) in [5.74, 6) is 0.263. The third kappa shape index (κ3) is 2.11. The second-order valence-electron chi connectivity index (χ2n) is 6.30. The van der Waals surface area contributed by atoms with E-state index in [1.807, 2.05) is 95.6 Å². The highest BCUT2D eigenvalue weighted by Gasteiger charge is 2.22. The summed E-state index contributed by atoms with van der Waals surface area (Å²) in [6.45, 7) is 0. The number of hydrogen-bond acceptors (Lipinski definition) is 2. The Hall–Kier alpha value is -3.59. The summed E-state index contributed by atoms with van der Waals surface area (Å²) >= 11 is 0. The molecule has 0 aliphatic heterocycles. The van der Waals surface area contributed by atoms with Crippen LogP contribution in [0.2, 0.25) is 0 Å². The number of aromatic hydroxyl groups is 1. The summed E-state index contributed by atoms with van der Waals surface area (Å²) in [7, 11) is 0. The van der Waals surface area contributed by atoms with E-state index in [0.29, 0.717) is 0 Å². The van der Waals surface area contributed by atoms with Crippen LogP contribution in [0, 0.1) is 0 Å². The normalized spacial score (nSPS) is 11.2. The summed E-state index contributed by atoms with van der Waals surface area (Å²) in [6.07, 6.45) is 1.85. The molecule has 0 saturated carbocycles. The summed E-state index contributed by atoms with van der Waals surface area (Å²) < 4.78 is 1.86. The van der Waals surface area contributed by atoms with Crippen molar-refractivity contribution in [3.63, 3.8) is 0 Å². The van der Waals surface area contributed by atoms with E-state index in [2.05, 4.69) is 5.10 Å². The zero-order chi connectivity index (χ0) is 17.5. The second kappa shape index (κ2) is 5.74. The third-order valence-corrected chi connectivity index (χ3v) is 4.76. The molecule has 5 rings (SSSR count). The van der Waals surface area contributed by atoms with Gasteiger partial charge in [-0.25, -0.2) is 4.52 Å². The number of rotatable bonds is 2. The van der Waals surface area contributed by atoms with Gasteiger partial charge in [-0.15, -0.1) is 0 Å². The van der Waals surface area contributed by atoms with E-state index < -0.39 is 0 Å². The highest BCUT2D eigenvalue weighted by atomic mass is 16.3. The van der Waals surface area contributed by atoms with Gasteiger partial charge in [-0.1, -0.05) is 84.9 Å². The summed E-state index contributed by atoms with van der Waals surface area (Å²) in [6, 6.07) is 28.1. The van der Waals surface area contributed by atoms with Gasteiger partial charge in [0.05, 0.1) is 17.5 Å². The molecule has 0 atom stereocenters. The molecule has 0 bridgehead atoms. The van der Waals surface area contributed by atoms with E-state index >= 15 is 0 Å². The van der Waals surface area contributed by atoms with E-state index in [0.717, 1.165) is 38.7 Å². The minimum absolute atomic E-state index is 0.263. The van der Waals surface area contributed by atoms with E-state index in [9.17, 15) is 5.11 Å². The van der Waals surface area contributed by atoms with Crippen LogP contribution in [0.3, 0.4) is 0 Å². The number of benzene rings is 3. The maximum Gasteiger partial charge on any atom is 0.151 e. The van der Waals surface area contributed by atoms with Gasteiger partial charge in [-0.3, -0.25) is 0 Å². The Morgan fingerprint density at radius 1 is 0.692 bits per heavy atom. The SMILES string of the molecule is Oc1c(-c2ccccc2)c(-c2ccccc2)n2ncc3ccccc3c12. The molecule has 3 aromatic carbocycles. The quantitative estimate of drug-likeness (QED) is 0.460. The molecule has 0 aliphatic carbocycles. The topological polar surface area (TPSA) is 37.5 Å². The molecule has 3 nitrogen and oxygen atoms in total. The highest BCUT2D eigenvalue weighted by Crippen LogP contribution is 2.44. The van der Waals surface area contributed by atoms with E-state index in [1.165, 1.54) is 0 Å². The fourth-order valence-corrected chi connectivity index (χ4v) is 3.59. The van der Waals surface area contributed by atoms with Crippen LogP contribution in [0.25, 0.3) is 38.7 Å². The van der Waals surface area contributed by atoms with Crippen molar-refractivity contribution in [3.05, 3.63) is 91.1 Å². The fraction of sp³-hybridized carbons (Fsp3) is 0. The van der Waals surface area contributed by atoms with E-state index in [-0.39, 0.29) is 5.75 Å². The molecule has 124 valence electrons. The summed E-state index contributed by atoms with van der Waals surface area (Å²) in [5, 5.41) is 17.9. The van der Waals surface area contributed by atoms with Gasteiger partial charge in [-0.05, 0) is 5.56 Å². The van der Waals surface area contributed by atoms with Gasteiger partial charge >= 0.3 is 0 Å². The predicted octanol–water partition coefficient (Wildman–Crippen LogP) is 5.53. The lowest BCUT2D eigenvalue weighted by molar-refractivity contribution is 0.484. The lowest BCUT2D eigenvalue weighted by Crippen LogP contribution is -1.95. The van der Waals surface area contributed by atoms with Crippen LogP contribution in [0.15, 0.2) is 91.1 Å². The lowest BCUT2D eigenvalue weighted by atomic mass is 10.0. The van der Waals surface area contributed by atoms with Crippen LogP contribution >= 0.6 is 0 Å². The fourth-order valence-electron chi connectivity index (χ4n) is 3.59. The van der Waals surface area contributed by atoms with Crippen LogP contribution < -0.4 is 0 Å². The molecule has 2 aromatic heterocycles. The van der Waals surface area contributed by atoms with Crippen molar-refractivity contribution in [1.82, 2.24) is 9.61 Å². The van der Waals surface area contributed by atoms with Crippen molar-refractivity contribution in [2.45, 2.75) is 0 Å². The number of fused-ring (bicyclic) bond motifs is 3. The van der Waals surface area contributed by atoms with E-state index in [1.54, 1.807) is 0 Å². The maximum atomic E-state index is 11.2. The monoisotopic (exact) mass is 336 g/mol. The van der Waals surface area contributed by atoms with Crippen molar-refractivity contribution in [2.24, 2.45) is 0 Å². The molecule has 1 N–H and O–H groups in total. The van der Waals surface area contributed by atoms with Crippen molar-refractivity contribution >= 4 is 16.3 Å². The smallest absolute Gasteiger partial charge is 0.151 e. The summed E-state index contributed by atoms with van der Waals surface area (Å²) in [4.78, 5) is 0. The first-order valence-corrected chi connectivity index (χ1v) is 8.57. The van der Waals surface area contributed by atoms with Crippen LogP contribution in [0.5, 0.6) is 5.75 Å². The Kier molecular flexibility index (Phi) is 3.25. The van der Waals surface area contributed by atoms with Gasteiger partial charge in [0.1, 0.15) is 5.52 Å². The molecular weight excluding hydrogens is 320 g/mol. The number of nitrogens with zero attached hydrogens (tertiary/aromatic N) is 2. The third-order valence-electron chi connectivity index (χ3n) is 4.76. The second-order valence-corrected chi connectivity index (χ2v) is 6.30. The Bertz CT molecular complexity index is 1230. The minimum Gasteiger partial charge on any atom is -0.505 e. The first-order valence-electron chi connectivity index (χ1n) is 8.57. The lowest BCUT2D eigenvalue weighted by Gasteiger charge is -2.07. The molecular formula is C23H16N2O. The average Bonchev–Trinajstić information content (AvgIpc) is 3.02. The standard InChI is InChI=1S/C23H16N2O/c26-23-20(16-9-3-1-4-10-16)21(17-11-5-2-6-12-17)25-22(23)19-14-8-7-13-18(19)15-24-25/h1-15,26H. The first-order chi connectivity index (χ1) is 12.8. The van der Waals surface area contributed by atoms with E-state index in [4.69, 9.17) is 0 Å².